The van der Waals surface area contributed by atoms with Crippen LogP contribution in [0.2, 0.25) is 0 Å². The van der Waals surface area contributed by atoms with Crippen molar-refractivity contribution in [2.24, 2.45) is 22.2 Å². The van der Waals surface area contributed by atoms with Crippen molar-refractivity contribution in [1.82, 2.24) is 10.2 Å². The molecule has 0 aliphatic carbocycles. The average Bonchev–Trinajstić information content (AvgIpc) is 3.09. The number of carboxylic acids is 1. The summed E-state index contributed by atoms with van der Waals surface area (Å²) in [6.45, 7) is 3.41. The molecule has 144 valence electrons. The van der Waals surface area contributed by atoms with Crippen molar-refractivity contribution in [3.05, 3.63) is 0 Å². The minimum absolute atomic E-state index is 0.0519. The van der Waals surface area contributed by atoms with Crippen LogP contribution in [0.5, 0.6) is 0 Å². The Balaban J connectivity index is 2.91. The number of rotatable bonds is 11. The Morgan fingerprint density at radius 3 is 2.56 bits per heavy atom. The number of unbranched alkanes of at least 4 members (excludes halogenated alkanes) is 2. The van der Waals surface area contributed by atoms with Crippen molar-refractivity contribution in [1.29, 1.82) is 0 Å². The largest absolute Gasteiger partial charge is 0.478 e. The van der Waals surface area contributed by atoms with Crippen LogP contribution in [-0.4, -0.2) is 59.2 Å². The lowest BCUT2D eigenvalue weighted by molar-refractivity contribution is -0.160. The smallest absolute Gasteiger partial charge is 0.344 e. The number of hydrogen-bond donors (Lipinski definition) is 5. The fourth-order valence-electron chi connectivity index (χ4n) is 3.02. The topological polar surface area (TPSA) is 160 Å². The van der Waals surface area contributed by atoms with Crippen molar-refractivity contribution in [2.75, 3.05) is 19.6 Å². The molecule has 1 saturated heterocycles. The molecule has 9 nitrogen and oxygen atoms in total. The first-order chi connectivity index (χ1) is 11.8. The Labute approximate surface area is 149 Å². The summed E-state index contributed by atoms with van der Waals surface area (Å²) < 4.78 is 0. The molecule has 0 spiro atoms. The Bertz CT molecular complexity index is 474. The average molecular weight is 356 g/mol. The maximum Gasteiger partial charge on any atom is 0.344 e. The van der Waals surface area contributed by atoms with Gasteiger partial charge in [0, 0.05) is 13.1 Å². The number of nitrogens with one attached hydrogen (secondary N) is 1. The van der Waals surface area contributed by atoms with Gasteiger partial charge in [0.2, 0.25) is 5.91 Å². The standard InChI is InChI=1S/C16H32N6O3/c1-2-3-4-11-22(13(23)12-7-5-9-20-12)16(19,14(24)25)8-6-10-21-15(17)18/h12,20H,2-11,19H2,1H3,(H,24,25)(H4,17,18,21). The molecule has 0 radical (unpaired) electrons. The molecule has 0 bridgehead atoms. The number of nitrogens with two attached hydrogens (primary N) is 3. The highest BCUT2D eigenvalue weighted by molar-refractivity contribution is 5.89. The Kier molecular flexibility index (Phi) is 8.64. The third-order valence-electron chi connectivity index (χ3n) is 4.47. The molecule has 0 aromatic rings. The van der Waals surface area contributed by atoms with Crippen molar-refractivity contribution < 1.29 is 14.7 Å². The number of amides is 1. The fourth-order valence-corrected chi connectivity index (χ4v) is 3.02. The van der Waals surface area contributed by atoms with E-state index in [9.17, 15) is 14.7 Å². The second kappa shape index (κ2) is 10.2. The SMILES string of the molecule is CCCCCN(C(=O)C1CCCN1)C(N)(CCCN=C(N)N)C(=O)O. The zero-order valence-corrected chi connectivity index (χ0v) is 15.0. The van der Waals surface area contributed by atoms with Crippen LogP contribution in [-0.2, 0) is 9.59 Å². The highest BCUT2D eigenvalue weighted by Gasteiger charge is 2.44. The predicted octanol–water partition coefficient (Wildman–Crippen LogP) is -0.450. The van der Waals surface area contributed by atoms with E-state index in [1.165, 1.54) is 4.90 Å². The lowest BCUT2D eigenvalue weighted by Crippen LogP contribution is -2.66. The van der Waals surface area contributed by atoms with E-state index in [0.29, 0.717) is 19.4 Å². The summed E-state index contributed by atoms with van der Waals surface area (Å²) in [5.74, 6) is -1.50. The third-order valence-corrected chi connectivity index (χ3v) is 4.47. The molecule has 2 atom stereocenters. The van der Waals surface area contributed by atoms with Gasteiger partial charge in [-0.15, -0.1) is 0 Å². The molecular formula is C16H32N6O3. The first-order valence-corrected chi connectivity index (χ1v) is 8.95. The van der Waals surface area contributed by atoms with Crippen molar-refractivity contribution in [3.63, 3.8) is 0 Å². The van der Waals surface area contributed by atoms with Crippen LogP contribution in [0.15, 0.2) is 4.99 Å². The van der Waals surface area contributed by atoms with E-state index in [2.05, 4.69) is 10.3 Å². The van der Waals surface area contributed by atoms with Crippen LogP contribution in [0.25, 0.3) is 0 Å². The Morgan fingerprint density at radius 2 is 2.04 bits per heavy atom. The van der Waals surface area contributed by atoms with Crippen LogP contribution in [0, 0.1) is 0 Å². The molecule has 1 aliphatic rings. The lowest BCUT2D eigenvalue weighted by atomic mass is 9.99. The quantitative estimate of drug-likeness (QED) is 0.145. The number of guanidine groups is 1. The summed E-state index contributed by atoms with van der Waals surface area (Å²) in [4.78, 5) is 30.0. The van der Waals surface area contributed by atoms with Crippen LogP contribution >= 0.6 is 0 Å². The zero-order valence-electron chi connectivity index (χ0n) is 15.0. The predicted molar refractivity (Wildman–Crippen MR) is 96.7 cm³/mol. The van der Waals surface area contributed by atoms with Gasteiger partial charge in [-0.2, -0.15) is 0 Å². The zero-order chi connectivity index (χ0) is 18.9. The summed E-state index contributed by atoms with van der Waals surface area (Å²) in [7, 11) is 0. The third kappa shape index (κ3) is 6.17. The summed E-state index contributed by atoms with van der Waals surface area (Å²) in [5, 5.41) is 12.9. The molecule has 0 aromatic carbocycles. The van der Waals surface area contributed by atoms with E-state index in [1.807, 2.05) is 6.92 Å². The molecule has 2 unspecified atom stereocenters. The van der Waals surface area contributed by atoms with Crippen LogP contribution in [0.4, 0.5) is 0 Å². The van der Waals surface area contributed by atoms with E-state index in [-0.39, 0.29) is 30.9 Å². The second-order valence-corrected chi connectivity index (χ2v) is 6.49. The van der Waals surface area contributed by atoms with Gasteiger partial charge in [0.25, 0.3) is 0 Å². The molecule has 1 heterocycles. The van der Waals surface area contributed by atoms with E-state index in [4.69, 9.17) is 17.2 Å². The van der Waals surface area contributed by atoms with Gasteiger partial charge < -0.3 is 26.8 Å². The van der Waals surface area contributed by atoms with E-state index in [1.54, 1.807) is 0 Å². The highest BCUT2D eigenvalue weighted by atomic mass is 16.4. The normalized spacial score (nSPS) is 19.2. The van der Waals surface area contributed by atoms with Gasteiger partial charge in [0.05, 0.1) is 6.04 Å². The summed E-state index contributed by atoms with van der Waals surface area (Å²) >= 11 is 0. The monoisotopic (exact) mass is 356 g/mol. The van der Waals surface area contributed by atoms with Crippen LogP contribution in [0.3, 0.4) is 0 Å². The summed E-state index contributed by atoms with van der Waals surface area (Å²) in [6.07, 6.45) is 4.65. The van der Waals surface area contributed by atoms with Gasteiger partial charge in [-0.3, -0.25) is 15.5 Å². The van der Waals surface area contributed by atoms with Gasteiger partial charge in [-0.1, -0.05) is 19.8 Å². The number of hydrogen-bond acceptors (Lipinski definition) is 5. The first kappa shape index (κ1) is 21.2. The van der Waals surface area contributed by atoms with Gasteiger partial charge in [-0.25, -0.2) is 4.79 Å². The van der Waals surface area contributed by atoms with Crippen LogP contribution < -0.4 is 22.5 Å². The number of carbonyl (C=O) groups is 2. The number of nitrogens with zero attached hydrogens (tertiary/aromatic N) is 2. The van der Waals surface area contributed by atoms with Gasteiger partial charge >= 0.3 is 5.97 Å². The molecule has 1 fully saturated rings. The molecule has 1 aliphatic heterocycles. The maximum atomic E-state index is 12.9. The van der Waals surface area contributed by atoms with Crippen LogP contribution in [0.1, 0.15) is 51.9 Å². The maximum absolute atomic E-state index is 12.9. The Morgan fingerprint density at radius 1 is 1.32 bits per heavy atom. The van der Waals surface area contributed by atoms with Gasteiger partial charge in [0.15, 0.2) is 11.6 Å². The van der Waals surface area contributed by atoms with Crippen molar-refractivity contribution in [3.8, 4) is 0 Å². The van der Waals surface area contributed by atoms with Gasteiger partial charge in [-0.05, 0) is 38.6 Å². The number of aliphatic carboxylic acids is 1. The lowest BCUT2D eigenvalue weighted by Gasteiger charge is -2.39. The number of aliphatic imine (C=N–C) groups is 1. The first-order valence-electron chi connectivity index (χ1n) is 8.95. The fraction of sp³-hybridized carbons (Fsp3) is 0.812. The minimum atomic E-state index is -1.76. The molecule has 25 heavy (non-hydrogen) atoms. The van der Waals surface area contributed by atoms with E-state index < -0.39 is 11.6 Å². The molecule has 9 heteroatoms. The molecule has 8 N–H and O–H groups in total. The summed E-state index contributed by atoms with van der Waals surface area (Å²) in [5.41, 5.74) is 15.0. The minimum Gasteiger partial charge on any atom is -0.478 e. The van der Waals surface area contributed by atoms with Crippen molar-refractivity contribution >= 4 is 17.8 Å². The van der Waals surface area contributed by atoms with E-state index in [0.717, 1.165) is 32.2 Å². The summed E-state index contributed by atoms with van der Waals surface area (Å²) in [6, 6.07) is -0.360. The highest BCUT2D eigenvalue weighted by Crippen LogP contribution is 2.21. The number of carbonyl (C=O) groups excluding carboxylic acids is 1. The van der Waals surface area contributed by atoms with Crippen molar-refractivity contribution in [2.45, 2.75) is 63.6 Å². The van der Waals surface area contributed by atoms with Gasteiger partial charge in [0.1, 0.15) is 0 Å². The van der Waals surface area contributed by atoms with E-state index >= 15 is 0 Å². The molecular weight excluding hydrogens is 324 g/mol. The molecule has 0 saturated carbocycles. The number of carboxylic acid groups (broad SMARTS) is 1. The Hall–Kier alpha value is -1.87. The molecule has 0 aromatic heterocycles. The molecule has 1 rings (SSSR count). The second-order valence-electron chi connectivity index (χ2n) is 6.49. The molecule has 1 amide bonds.